The predicted octanol–water partition coefficient (Wildman–Crippen LogP) is 2.43. The zero-order valence-electron chi connectivity index (χ0n) is 9.76. The summed E-state index contributed by atoms with van der Waals surface area (Å²) >= 11 is 2.07. The molecule has 0 bridgehead atoms. The van der Waals surface area contributed by atoms with E-state index in [2.05, 4.69) is 23.3 Å². The van der Waals surface area contributed by atoms with E-state index in [0.717, 1.165) is 13.2 Å². The van der Waals surface area contributed by atoms with E-state index in [-0.39, 0.29) is 0 Å². The van der Waals surface area contributed by atoms with Crippen molar-refractivity contribution in [2.75, 3.05) is 26.0 Å². The summed E-state index contributed by atoms with van der Waals surface area (Å²) in [6.45, 7) is 3.10. The minimum Gasteiger partial charge on any atom is -0.381 e. The Balaban J connectivity index is 1.75. The molecule has 1 aliphatic heterocycles. The van der Waals surface area contributed by atoms with E-state index >= 15 is 0 Å². The van der Waals surface area contributed by atoms with E-state index < -0.39 is 0 Å². The molecule has 0 radical (unpaired) electrons. The van der Waals surface area contributed by atoms with Gasteiger partial charge in [0.2, 0.25) is 0 Å². The van der Waals surface area contributed by atoms with Gasteiger partial charge in [-0.05, 0) is 31.9 Å². The van der Waals surface area contributed by atoms with E-state index in [9.17, 15) is 0 Å². The minimum absolute atomic E-state index is 0.554. The van der Waals surface area contributed by atoms with Gasteiger partial charge in [0.05, 0.1) is 0 Å². The normalized spacial score (nSPS) is 27.0. The molecule has 0 aromatic carbocycles. The standard InChI is InChI=1S/C12H23NOS/c1-15-12(6-2-3-7-12)10-13-11-4-8-14-9-5-11/h11,13H,2-10H2,1H3. The summed E-state index contributed by atoms with van der Waals surface area (Å²) in [6.07, 6.45) is 10.3. The Hall–Kier alpha value is 0.270. The molecule has 1 aliphatic carbocycles. The lowest BCUT2D eigenvalue weighted by Gasteiger charge is -2.31. The van der Waals surface area contributed by atoms with E-state index in [1.165, 1.54) is 45.1 Å². The van der Waals surface area contributed by atoms with E-state index in [1.54, 1.807) is 0 Å². The summed E-state index contributed by atoms with van der Waals surface area (Å²) in [5.41, 5.74) is 0. The van der Waals surface area contributed by atoms with Gasteiger partial charge in [-0.3, -0.25) is 0 Å². The lowest BCUT2D eigenvalue weighted by molar-refractivity contribution is 0.0774. The van der Waals surface area contributed by atoms with Crippen LogP contribution < -0.4 is 5.32 Å². The Morgan fingerprint density at radius 1 is 1.27 bits per heavy atom. The second kappa shape index (κ2) is 5.55. The summed E-state index contributed by atoms with van der Waals surface area (Å²) < 4.78 is 5.93. The molecule has 2 rings (SSSR count). The maximum Gasteiger partial charge on any atom is 0.0480 e. The van der Waals surface area contributed by atoms with Crippen molar-refractivity contribution in [1.82, 2.24) is 5.32 Å². The van der Waals surface area contributed by atoms with E-state index in [1.807, 2.05) is 0 Å². The quantitative estimate of drug-likeness (QED) is 0.800. The molecule has 0 atom stereocenters. The van der Waals surface area contributed by atoms with Crippen LogP contribution in [0.15, 0.2) is 0 Å². The van der Waals surface area contributed by atoms with Gasteiger partial charge in [-0.2, -0.15) is 11.8 Å². The predicted molar refractivity (Wildman–Crippen MR) is 66.6 cm³/mol. The summed E-state index contributed by atoms with van der Waals surface area (Å²) in [7, 11) is 0. The highest BCUT2D eigenvalue weighted by molar-refractivity contribution is 8.00. The van der Waals surface area contributed by atoms with E-state index in [0.29, 0.717) is 10.8 Å². The fourth-order valence-corrected chi connectivity index (χ4v) is 3.63. The number of thioether (sulfide) groups is 1. The lowest BCUT2D eigenvalue weighted by Crippen LogP contribution is -2.43. The van der Waals surface area contributed by atoms with Crippen LogP contribution in [-0.2, 0) is 4.74 Å². The zero-order valence-corrected chi connectivity index (χ0v) is 10.6. The second-order valence-corrected chi connectivity index (χ2v) is 6.14. The number of ether oxygens (including phenoxy) is 1. The van der Waals surface area contributed by atoms with Gasteiger partial charge >= 0.3 is 0 Å². The molecule has 15 heavy (non-hydrogen) atoms. The molecule has 2 nitrogen and oxygen atoms in total. The van der Waals surface area contributed by atoms with Crippen molar-refractivity contribution in [3.63, 3.8) is 0 Å². The topological polar surface area (TPSA) is 21.3 Å². The summed E-state index contributed by atoms with van der Waals surface area (Å²) in [4.78, 5) is 0. The second-order valence-electron chi connectivity index (χ2n) is 4.86. The first kappa shape index (κ1) is 11.7. The number of hydrogen-bond donors (Lipinski definition) is 1. The van der Waals surface area contributed by atoms with Crippen LogP contribution in [-0.4, -0.2) is 36.8 Å². The Bertz CT molecular complexity index is 186. The number of hydrogen-bond acceptors (Lipinski definition) is 3. The third-order valence-corrected chi connectivity index (χ3v) is 5.30. The molecule has 0 aromatic rings. The van der Waals surface area contributed by atoms with Crippen LogP contribution in [0.4, 0.5) is 0 Å². The van der Waals surface area contributed by atoms with Crippen LogP contribution in [0.5, 0.6) is 0 Å². The first-order chi connectivity index (χ1) is 7.35. The first-order valence-electron chi connectivity index (χ1n) is 6.21. The zero-order chi connectivity index (χ0) is 10.6. The van der Waals surface area contributed by atoms with Crippen LogP contribution in [0.3, 0.4) is 0 Å². The smallest absolute Gasteiger partial charge is 0.0480 e. The molecule has 1 N–H and O–H groups in total. The van der Waals surface area contributed by atoms with Crippen molar-refractivity contribution in [1.29, 1.82) is 0 Å². The highest BCUT2D eigenvalue weighted by atomic mass is 32.2. The lowest BCUT2D eigenvalue weighted by atomic mass is 10.0. The Morgan fingerprint density at radius 2 is 1.93 bits per heavy atom. The molecular formula is C12H23NOS. The van der Waals surface area contributed by atoms with E-state index in [4.69, 9.17) is 4.74 Å². The van der Waals surface area contributed by atoms with Crippen molar-refractivity contribution in [2.45, 2.75) is 49.3 Å². The molecule has 0 aromatic heterocycles. The molecule has 1 saturated carbocycles. The molecule has 0 amide bonds. The molecule has 2 fully saturated rings. The molecular weight excluding hydrogens is 206 g/mol. The molecule has 1 heterocycles. The van der Waals surface area contributed by atoms with Crippen molar-refractivity contribution < 1.29 is 4.74 Å². The fraction of sp³-hybridized carbons (Fsp3) is 1.00. The van der Waals surface area contributed by atoms with Crippen molar-refractivity contribution >= 4 is 11.8 Å². The molecule has 88 valence electrons. The number of nitrogens with one attached hydrogen (secondary N) is 1. The van der Waals surface area contributed by atoms with Gasteiger partial charge in [-0.15, -0.1) is 0 Å². The van der Waals surface area contributed by atoms with Gasteiger partial charge in [0, 0.05) is 30.5 Å². The van der Waals surface area contributed by atoms with Gasteiger partial charge in [0.15, 0.2) is 0 Å². The molecule has 2 aliphatic rings. The molecule has 3 heteroatoms. The first-order valence-corrected chi connectivity index (χ1v) is 7.43. The van der Waals surface area contributed by atoms with Crippen molar-refractivity contribution in [3.05, 3.63) is 0 Å². The van der Waals surface area contributed by atoms with Crippen LogP contribution >= 0.6 is 11.8 Å². The average molecular weight is 229 g/mol. The SMILES string of the molecule is CSC1(CNC2CCOCC2)CCCC1. The highest BCUT2D eigenvalue weighted by Crippen LogP contribution is 2.39. The van der Waals surface area contributed by atoms with Crippen LogP contribution in [0.25, 0.3) is 0 Å². The number of rotatable bonds is 4. The third-order valence-electron chi connectivity index (χ3n) is 3.88. The summed E-state index contributed by atoms with van der Waals surface area (Å²) in [5.74, 6) is 0. The molecule has 0 spiro atoms. The van der Waals surface area contributed by atoms with Crippen LogP contribution in [0.1, 0.15) is 38.5 Å². The van der Waals surface area contributed by atoms with Gasteiger partial charge < -0.3 is 10.1 Å². The summed E-state index contributed by atoms with van der Waals surface area (Å²) in [6, 6.07) is 0.711. The van der Waals surface area contributed by atoms with Crippen molar-refractivity contribution in [3.8, 4) is 0 Å². The molecule has 0 unspecified atom stereocenters. The fourth-order valence-electron chi connectivity index (χ4n) is 2.70. The Kier molecular flexibility index (Phi) is 4.35. The van der Waals surface area contributed by atoms with Crippen molar-refractivity contribution in [2.24, 2.45) is 0 Å². The Labute approximate surface area is 97.5 Å². The van der Waals surface area contributed by atoms with Gasteiger partial charge in [-0.25, -0.2) is 0 Å². The van der Waals surface area contributed by atoms with Gasteiger partial charge in [-0.1, -0.05) is 12.8 Å². The summed E-state index contributed by atoms with van der Waals surface area (Å²) in [5, 5.41) is 3.75. The van der Waals surface area contributed by atoms with Crippen LogP contribution in [0, 0.1) is 0 Å². The Morgan fingerprint density at radius 3 is 2.53 bits per heavy atom. The largest absolute Gasteiger partial charge is 0.381 e. The van der Waals surface area contributed by atoms with Gasteiger partial charge in [0.25, 0.3) is 0 Å². The molecule has 1 saturated heterocycles. The van der Waals surface area contributed by atoms with Crippen LogP contribution in [0.2, 0.25) is 0 Å². The third kappa shape index (κ3) is 3.11. The van der Waals surface area contributed by atoms with Gasteiger partial charge in [0.1, 0.15) is 0 Å². The average Bonchev–Trinajstić information content (AvgIpc) is 2.77. The maximum atomic E-state index is 5.38. The monoisotopic (exact) mass is 229 g/mol. The highest BCUT2D eigenvalue weighted by Gasteiger charge is 2.33. The minimum atomic E-state index is 0.554. The maximum absolute atomic E-state index is 5.38.